The predicted molar refractivity (Wildman–Crippen MR) is 99.2 cm³/mol. The number of hydrogen-bond acceptors (Lipinski definition) is 6. The predicted octanol–water partition coefficient (Wildman–Crippen LogP) is 1.77. The molecular weight excluding hydrogens is 356 g/mol. The minimum atomic E-state index is -1.01. The Kier molecular flexibility index (Phi) is 6.08. The Balaban J connectivity index is 1.74. The normalized spacial score (nSPS) is 15.1. The van der Waals surface area contributed by atoms with E-state index < -0.39 is 5.97 Å². The van der Waals surface area contributed by atoms with Crippen LogP contribution in [-0.4, -0.2) is 79.8 Å². The summed E-state index contributed by atoms with van der Waals surface area (Å²) in [4.78, 5) is 28.2. The van der Waals surface area contributed by atoms with Gasteiger partial charge in [0.1, 0.15) is 12.3 Å². The highest BCUT2D eigenvalue weighted by Gasteiger charge is 2.22. The minimum Gasteiger partial charge on any atom is -0.497 e. The molecule has 1 aromatic carbocycles. The van der Waals surface area contributed by atoms with Crippen LogP contribution < -0.4 is 4.74 Å². The molecule has 2 heterocycles. The third kappa shape index (κ3) is 4.51. The van der Waals surface area contributed by atoms with E-state index in [-0.39, 0.29) is 12.5 Å². The summed E-state index contributed by atoms with van der Waals surface area (Å²) >= 11 is 1.35. The molecule has 0 spiro atoms. The lowest BCUT2D eigenvalue weighted by Crippen LogP contribution is -2.44. The molecule has 0 saturated carbocycles. The Labute approximate surface area is 155 Å². The molecule has 26 heavy (non-hydrogen) atoms. The average Bonchev–Trinajstić information content (AvgIpc) is 3.08. The molecule has 0 unspecified atom stereocenters. The van der Waals surface area contributed by atoms with Gasteiger partial charge in [-0.1, -0.05) is 0 Å². The molecule has 7 nitrogen and oxygen atoms in total. The van der Waals surface area contributed by atoms with Gasteiger partial charge in [0.15, 0.2) is 0 Å². The third-order valence-electron chi connectivity index (χ3n) is 4.34. The van der Waals surface area contributed by atoms with E-state index in [1.54, 1.807) is 7.11 Å². The molecule has 2 aromatic rings. The number of carbonyl (C=O) groups is 2. The molecule has 0 aliphatic carbocycles. The second-order valence-electron chi connectivity index (χ2n) is 6.09. The number of morpholine rings is 1. The topological polar surface area (TPSA) is 79.3 Å². The Morgan fingerprint density at radius 3 is 2.77 bits per heavy atom. The molecular formula is C18H22N2O5S. The van der Waals surface area contributed by atoms with Crippen LogP contribution in [0.5, 0.6) is 5.75 Å². The number of benzene rings is 1. The van der Waals surface area contributed by atoms with Crippen molar-refractivity contribution >= 4 is 33.3 Å². The maximum atomic E-state index is 12.9. The maximum absolute atomic E-state index is 12.9. The van der Waals surface area contributed by atoms with Crippen molar-refractivity contribution in [3.05, 3.63) is 29.1 Å². The number of carbonyl (C=O) groups excluding carboxylic acids is 1. The second kappa shape index (κ2) is 8.48. The standard InChI is InChI=1S/C18H22N2O5S/c1-24-14-3-2-13-10-16(26-15(13)11-14)18(23)20(12-17(21)22)5-4-19-6-8-25-9-7-19/h2-3,10-11H,4-9,12H2,1H3,(H,21,22). The average molecular weight is 378 g/mol. The van der Waals surface area contributed by atoms with Gasteiger partial charge in [0.25, 0.3) is 5.91 Å². The van der Waals surface area contributed by atoms with Crippen LogP contribution in [0, 0.1) is 0 Å². The molecule has 3 rings (SSSR count). The number of aliphatic carboxylic acids is 1. The molecule has 1 fully saturated rings. The van der Waals surface area contributed by atoms with Gasteiger partial charge in [-0.15, -0.1) is 11.3 Å². The first kappa shape index (κ1) is 18.6. The van der Waals surface area contributed by atoms with E-state index in [1.165, 1.54) is 16.2 Å². The first-order valence-corrected chi connectivity index (χ1v) is 9.27. The molecule has 0 radical (unpaired) electrons. The zero-order chi connectivity index (χ0) is 18.5. The zero-order valence-electron chi connectivity index (χ0n) is 14.6. The van der Waals surface area contributed by atoms with Gasteiger partial charge in [-0.2, -0.15) is 0 Å². The summed E-state index contributed by atoms with van der Waals surface area (Å²) in [6.45, 7) is 3.66. The number of nitrogens with zero attached hydrogens (tertiary/aromatic N) is 2. The highest BCUT2D eigenvalue weighted by atomic mass is 32.1. The van der Waals surface area contributed by atoms with Crippen molar-refractivity contribution < 1.29 is 24.2 Å². The highest BCUT2D eigenvalue weighted by Crippen LogP contribution is 2.29. The summed E-state index contributed by atoms with van der Waals surface area (Å²) < 4.78 is 11.5. The van der Waals surface area contributed by atoms with E-state index in [1.807, 2.05) is 24.3 Å². The fraction of sp³-hybridized carbons (Fsp3) is 0.444. The molecule has 140 valence electrons. The van der Waals surface area contributed by atoms with Crippen molar-refractivity contribution in [2.24, 2.45) is 0 Å². The molecule has 1 N–H and O–H groups in total. The number of ether oxygens (including phenoxy) is 2. The highest BCUT2D eigenvalue weighted by molar-refractivity contribution is 7.20. The number of thiophene rings is 1. The smallest absolute Gasteiger partial charge is 0.323 e. The zero-order valence-corrected chi connectivity index (χ0v) is 15.5. The number of amides is 1. The van der Waals surface area contributed by atoms with Crippen molar-refractivity contribution in [1.29, 1.82) is 0 Å². The number of hydrogen-bond donors (Lipinski definition) is 1. The number of carboxylic acids is 1. The molecule has 0 atom stereocenters. The third-order valence-corrected chi connectivity index (χ3v) is 5.43. The lowest BCUT2D eigenvalue weighted by atomic mass is 10.2. The first-order chi connectivity index (χ1) is 12.6. The van der Waals surface area contributed by atoms with Crippen LogP contribution in [0.4, 0.5) is 0 Å². The van der Waals surface area contributed by atoms with Crippen molar-refractivity contribution in [1.82, 2.24) is 9.80 Å². The van der Waals surface area contributed by atoms with Gasteiger partial charge in [-0.25, -0.2) is 0 Å². The van der Waals surface area contributed by atoms with E-state index in [4.69, 9.17) is 9.47 Å². The van der Waals surface area contributed by atoms with E-state index in [9.17, 15) is 14.7 Å². The van der Waals surface area contributed by atoms with Gasteiger partial charge in [-0.05, 0) is 29.7 Å². The molecule has 1 aromatic heterocycles. The van der Waals surface area contributed by atoms with E-state index in [2.05, 4.69) is 4.90 Å². The van der Waals surface area contributed by atoms with Crippen LogP contribution in [-0.2, 0) is 9.53 Å². The van der Waals surface area contributed by atoms with E-state index in [0.29, 0.717) is 31.2 Å². The maximum Gasteiger partial charge on any atom is 0.323 e. The van der Waals surface area contributed by atoms with Gasteiger partial charge in [-0.3, -0.25) is 14.5 Å². The summed E-state index contributed by atoms with van der Waals surface area (Å²) in [7, 11) is 1.60. The summed E-state index contributed by atoms with van der Waals surface area (Å²) in [5.41, 5.74) is 0. The molecule has 1 aliphatic rings. The Hall–Kier alpha value is -2.16. The minimum absolute atomic E-state index is 0.249. The molecule has 1 aliphatic heterocycles. The first-order valence-electron chi connectivity index (χ1n) is 8.45. The lowest BCUT2D eigenvalue weighted by Gasteiger charge is -2.29. The van der Waals surface area contributed by atoms with E-state index in [0.717, 1.165) is 28.9 Å². The number of fused-ring (bicyclic) bond motifs is 1. The summed E-state index contributed by atoms with van der Waals surface area (Å²) in [6.07, 6.45) is 0. The van der Waals surface area contributed by atoms with Gasteiger partial charge in [0, 0.05) is 30.9 Å². The summed E-state index contributed by atoms with van der Waals surface area (Å²) in [5.74, 6) is -0.531. The quantitative estimate of drug-likeness (QED) is 0.791. The fourth-order valence-corrected chi connectivity index (χ4v) is 3.96. The van der Waals surface area contributed by atoms with E-state index >= 15 is 0 Å². The number of carboxylic acid groups (broad SMARTS) is 1. The van der Waals surface area contributed by atoms with Gasteiger partial charge in [0.2, 0.25) is 0 Å². The van der Waals surface area contributed by atoms with Gasteiger partial charge < -0.3 is 19.5 Å². The Morgan fingerprint density at radius 1 is 1.31 bits per heavy atom. The van der Waals surface area contributed by atoms with Crippen LogP contribution in [0.3, 0.4) is 0 Å². The second-order valence-corrected chi connectivity index (χ2v) is 7.17. The van der Waals surface area contributed by atoms with Crippen LogP contribution in [0.25, 0.3) is 10.1 Å². The molecule has 0 bridgehead atoms. The molecule has 8 heteroatoms. The van der Waals surface area contributed by atoms with Crippen LogP contribution >= 0.6 is 11.3 Å². The van der Waals surface area contributed by atoms with Crippen molar-refractivity contribution in [2.45, 2.75) is 0 Å². The summed E-state index contributed by atoms with van der Waals surface area (Å²) in [5, 5.41) is 10.1. The van der Waals surface area contributed by atoms with Gasteiger partial charge >= 0.3 is 5.97 Å². The largest absolute Gasteiger partial charge is 0.497 e. The fourth-order valence-electron chi connectivity index (χ4n) is 2.90. The molecule has 1 amide bonds. The Bertz CT molecular complexity index is 785. The van der Waals surface area contributed by atoms with Crippen LogP contribution in [0.15, 0.2) is 24.3 Å². The van der Waals surface area contributed by atoms with Crippen LogP contribution in [0.2, 0.25) is 0 Å². The lowest BCUT2D eigenvalue weighted by molar-refractivity contribution is -0.137. The van der Waals surface area contributed by atoms with Crippen molar-refractivity contribution in [2.75, 3.05) is 53.0 Å². The number of methoxy groups -OCH3 is 1. The molecule has 1 saturated heterocycles. The van der Waals surface area contributed by atoms with Crippen molar-refractivity contribution in [3.63, 3.8) is 0 Å². The SMILES string of the molecule is COc1ccc2cc(C(=O)N(CCN3CCOCC3)CC(=O)O)sc2c1. The van der Waals surface area contributed by atoms with Crippen molar-refractivity contribution in [3.8, 4) is 5.75 Å². The Morgan fingerprint density at radius 2 is 2.08 bits per heavy atom. The summed E-state index contributed by atoms with van der Waals surface area (Å²) in [6, 6.07) is 7.44. The van der Waals surface area contributed by atoms with Gasteiger partial charge in [0.05, 0.1) is 25.2 Å². The monoisotopic (exact) mass is 378 g/mol. The number of rotatable bonds is 7. The van der Waals surface area contributed by atoms with Crippen LogP contribution in [0.1, 0.15) is 9.67 Å².